The standard InChI is InChI=1S/C18H14BrN5O4/c19-14-6-3-4-12(8-14)10-23-11-15(24(27)28)17(22-23)18(26)21-20-9-13-5-1-2-7-16(13)25/h1-9,11,25H,10H2,(H,21,26). The van der Waals surface area contributed by atoms with E-state index in [1.165, 1.54) is 23.2 Å². The lowest BCUT2D eigenvalue weighted by atomic mass is 10.2. The largest absolute Gasteiger partial charge is 0.507 e. The second-order valence-electron chi connectivity index (χ2n) is 5.71. The van der Waals surface area contributed by atoms with Crippen LogP contribution < -0.4 is 5.43 Å². The maximum absolute atomic E-state index is 12.3. The van der Waals surface area contributed by atoms with Crippen molar-refractivity contribution in [3.63, 3.8) is 0 Å². The van der Waals surface area contributed by atoms with Gasteiger partial charge in [0.2, 0.25) is 5.69 Å². The molecule has 1 amide bonds. The number of nitrogens with one attached hydrogen (secondary N) is 1. The molecule has 0 saturated heterocycles. The Morgan fingerprint density at radius 3 is 2.82 bits per heavy atom. The number of carbonyl (C=O) groups is 1. The summed E-state index contributed by atoms with van der Waals surface area (Å²) in [6.45, 7) is 0.259. The fourth-order valence-corrected chi connectivity index (χ4v) is 2.87. The SMILES string of the molecule is O=C(NN=Cc1ccccc1O)c1nn(Cc2cccc(Br)c2)cc1[N+](=O)[O-]. The number of benzene rings is 2. The zero-order chi connectivity index (χ0) is 20.1. The lowest BCUT2D eigenvalue weighted by Gasteiger charge is -2.01. The van der Waals surface area contributed by atoms with Crippen molar-refractivity contribution >= 4 is 33.7 Å². The Kier molecular flexibility index (Phi) is 5.80. The molecule has 9 nitrogen and oxygen atoms in total. The smallest absolute Gasteiger partial charge is 0.320 e. The second kappa shape index (κ2) is 8.44. The van der Waals surface area contributed by atoms with Crippen LogP contribution in [0.1, 0.15) is 21.6 Å². The van der Waals surface area contributed by atoms with Gasteiger partial charge in [-0.25, -0.2) is 5.43 Å². The van der Waals surface area contributed by atoms with Gasteiger partial charge in [-0.05, 0) is 29.8 Å². The fourth-order valence-electron chi connectivity index (χ4n) is 2.42. The number of nitrogens with zero attached hydrogens (tertiary/aromatic N) is 4. The second-order valence-corrected chi connectivity index (χ2v) is 6.62. The summed E-state index contributed by atoms with van der Waals surface area (Å²) in [5, 5.41) is 28.7. The maximum atomic E-state index is 12.3. The number of hydrazone groups is 1. The van der Waals surface area contributed by atoms with Crippen molar-refractivity contribution < 1.29 is 14.8 Å². The van der Waals surface area contributed by atoms with Crippen molar-refractivity contribution in [3.8, 4) is 5.75 Å². The third-order valence-corrected chi connectivity index (χ3v) is 4.19. The molecule has 0 aliphatic rings. The van der Waals surface area contributed by atoms with E-state index in [-0.39, 0.29) is 18.0 Å². The number of amides is 1. The summed E-state index contributed by atoms with van der Waals surface area (Å²) in [7, 11) is 0. The van der Waals surface area contributed by atoms with Crippen molar-refractivity contribution in [1.82, 2.24) is 15.2 Å². The molecule has 28 heavy (non-hydrogen) atoms. The Labute approximate surface area is 167 Å². The Hall–Kier alpha value is -3.53. The van der Waals surface area contributed by atoms with Crippen molar-refractivity contribution in [3.05, 3.63) is 86.1 Å². The summed E-state index contributed by atoms with van der Waals surface area (Å²) in [4.78, 5) is 22.9. The third kappa shape index (κ3) is 4.60. The van der Waals surface area contributed by atoms with Gasteiger partial charge in [-0.2, -0.15) is 10.2 Å². The van der Waals surface area contributed by atoms with Crippen LogP contribution in [-0.2, 0) is 6.54 Å². The summed E-state index contributed by atoms with van der Waals surface area (Å²) >= 11 is 3.36. The minimum atomic E-state index is -0.827. The zero-order valence-corrected chi connectivity index (χ0v) is 15.9. The number of aromatic nitrogens is 2. The van der Waals surface area contributed by atoms with E-state index < -0.39 is 16.5 Å². The Morgan fingerprint density at radius 2 is 2.11 bits per heavy atom. The molecule has 3 aromatic rings. The summed E-state index contributed by atoms with van der Waals surface area (Å²) in [6.07, 6.45) is 2.43. The average molecular weight is 444 g/mol. The molecule has 2 N–H and O–H groups in total. The topological polar surface area (TPSA) is 123 Å². The maximum Gasteiger partial charge on any atom is 0.320 e. The lowest BCUT2D eigenvalue weighted by Crippen LogP contribution is -2.19. The molecule has 0 saturated carbocycles. The van der Waals surface area contributed by atoms with Crippen molar-refractivity contribution in [2.45, 2.75) is 6.54 Å². The molecule has 3 rings (SSSR count). The van der Waals surface area contributed by atoms with Crippen molar-refractivity contribution in [2.24, 2.45) is 5.10 Å². The predicted molar refractivity (Wildman–Crippen MR) is 105 cm³/mol. The minimum Gasteiger partial charge on any atom is -0.507 e. The number of carbonyl (C=O) groups excluding carboxylic acids is 1. The van der Waals surface area contributed by atoms with Crippen LogP contribution in [0.4, 0.5) is 5.69 Å². The third-order valence-electron chi connectivity index (χ3n) is 3.69. The van der Waals surface area contributed by atoms with E-state index in [0.29, 0.717) is 5.56 Å². The van der Waals surface area contributed by atoms with Gasteiger partial charge in [0.25, 0.3) is 5.91 Å². The highest BCUT2D eigenvalue weighted by molar-refractivity contribution is 9.10. The van der Waals surface area contributed by atoms with E-state index in [1.807, 2.05) is 24.3 Å². The number of hydrogen-bond donors (Lipinski definition) is 2. The molecule has 142 valence electrons. The zero-order valence-electron chi connectivity index (χ0n) is 14.3. The molecule has 0 spiro atoms. The van der Waals surface area contributed by atoms with E-state index in [9.17, 15) is 20.0 Å². The van der Waals surface area contributed by atoms with Gasteiger partial charge in [0.15, 0.2) is 0 Å². The van der Waals surface area contributed by atoms with Crippen LogP contribution in [0, 0.1) is 10.1 Å². The molecule has 0 bridgehead atoms. The number of hydrogen-bond acceptors (Lipinski definition) is 6. The van der Waals surface area contributed by atoms with Crippen LogP contribution in [0.5, 0.6) is 5.75 Å². The molecular formula is C18H14BrN5O4. The normalized spacial score (nSPS) is 10.9. The van der Waals surface area contributed by atoms with E-state index in [2.05, 4.69) is 31.6 Å². The average Bonchev–Trinajstić information content (AvgIpc) is 3.07. The first kappa shape index (κ1) is 19.2. The molecule has 0 unspecified atom stereocenters. The van der Waals surface area contributed by atoms with E-state index >= 15 is 0 Å². The summed E-state index contributed by atoms with van der Waals surface area (Å²) in [5.74, 6) is -0.837. The number of phenolic OH excluding ortho intramolecular Hbond substituents is 1. The number of halogens is 1. The first-order valence-corrected chi connectivity index (χ1v) is 8.81. The number of aromatic hydroxyl groups is 1. The van der Waals surface area contributed by atoms with Gasteiger partial charge in [-0.3, -0.25) is 19.6 Å². The lowest BCUT2D eigenvalue weighted by molar-refractivity contribution is -0.385. The van der Waals surface area contributed by atoms with Gasteiger partial charge in [-0.15, -0.1) is 0 Å². The van der Waals surface area contributed by atoms with Gasteiger partial charge in [-0.1, -0.05) is 40.2 Å². The van der Waals surface area contributed by atoms with E-state index in [4.69, 9.17) is 0 Å². The van der Waals surface area contributed by atoms with Crippen LogP contribution in [0.15, 0.2) is 64.3 Å². The molecule has 1 aromatic heterocycles. The molecule has 10 heteroatoms. The van der Waals surface area contributed by atoms with Crippen LogP contribution in [0.25, 0.3) is 0 Å². The van der Waals surface area contributed by atoms with Gasteiger partial charge in [0, 0.05) is 10.0 Å². The number of nitro groups is 1. The Balaban J connectivity index is 1.78. The molecule has 0 aliphatic heterocycles. The van der Waals surface area contributed by atoms with Gasteiger partial charge in [0.1, 0.15) is 11.9 Å². The highest BCUT2D eigenvalue weighted by atomic mass is 79.9. The Bertz CT molecular complexity index is 1060. The minimum absolute atomic E-state index is 0.00946. The molecule has 1 heterocycles. The summed E-state index contributed by atoms with van der Waals surface area (Å²) < 4.78 is 2.18. The summed E-state index contributed by atoms with van der Waals surface area (Å²) in [5.41, 5.74) is 2.65. The first-order valence-electron chi connectivity index (χ1n) is 8.01. The van der Waals surface area contributed by atoms with Crippen LogP contribution >= 0.6 is 15.9 Å². The van der Waals surface area contributed by atoms with Gasteiger partial charge in [0.05, 0.1) is 17.7 Å². The molecule has 2 aromatic carbocycles. The van der Waals surface area contributed by atoms with Crippen LogP contribution in [0.3, 0.4) is 0 Å². The van der Waals surface area contributed by atoms with Crippen molar-refractivity contribution in [2.75, 3.05) is 0 Å². The van der Waals surface area contributed by atoms with E-state index in [1.54, 1.807) is 18.2 Å². The molecule has 0 fully saturated rings. The summed E-state index contributed by atoms with van der Waals surface area (Å²) in [6, 6.07) is 13.8. The monoisotopic (exact) mass is 443 g/mol. The number of para-hydroxylation sites is 1. The quantitative estimate of drug-likeness (QED) is 0.344. The Morgan fingerprint density at radius 1 is 1.32 bits per heavy atom. The van der Waals surface area contributed by atoms with Crippen LogP contribution in [-0.4, -0.2) is 31.9 Å². The van der Waals surface area contributed by atoms with Gasteiger partial charge >= 0.3 is 5.69 Å². The number of rotatable bonds is 6. The molecule has 0 atom stereocenters. The highest BCUT2D eigenvalue weighted by Crippen LogP contribution is 2.19. The van der Waals surface area contributed by atoms with E-state index in [0.717, 1.165) is 10.0 Å². The molecule has 0 aliphatic carbocycles. The fraction of sp³-hybridized carbons (Fsp3) is 0.0556. The predicted octanol–water partition coefficient (Wildman–Crippen LogP) is 3.07. The van der Waals surface area contributed by atoms with Gasteiger partial charge < -0.3 is 5.11 Å². The molecule has 0 radical (unpaired) electrons. The molecular weight excluding hydrogens is 430 g/mol. The highest BCUT2D eigenvalue weighted by Gasteiger charge is 2.25. The van der Waals surface area contributed by atoms with Crippen LogP contribution in [0.2, 0.25) is 0 Å². The van der Waals surface area contributed by atoms with Crippen molar-refractivity contribution in [1.29, 1.82) is 0 Å². The first-order chi connectivity index (χ1) is 13.4. The number of phenols is 1.